The number of aromatic nitrogens is 2. The van der Waals surface area contributed by atoms with E-state index in [9.17, 15) is 4.79 Å². The van der Waals surface area contributed by atoms with Crippen LogP contribution < -0.4 is 5.56 Å². The first-order valence-corrected chi connectivity index (χ1v) is 12.8. The molecule has 1 aliphatic rings. The summed E-state index contributed by atoms with van der Waals surface area (Å²) in [5.74, 6) is 1.03. The molecule has 0 amide bonds. The van der Waals surface area contributed by atoms with Gasteiger partial charge < -0.3 is 0 Å². The summed E-state index contributed by atoms with van der Waals surface area (Å²) in [4.78, 5) is 21.0. The maximum atomic E-state index is 13.7. The van der Waals surface area contributed by atoms with E-state index in [2.05, 4.69) is 19.1 Å². The van der Waals surface area contributed by atoms with Crippen molar-refractivity contribution in [3.05, 3.63) is 56.7 Å². The van der Waals surface area contributed by atoms with Gasteiger partial charge in [-0.2, -0.15) is 0 Å². The van der Waals surface area contributed by atoms with Crippen LogP contribution in [0.3, 0.4) is 0 Å². The van der Waals surface area contributed by atoms with Gasteiger partial charge in [-0.3, -0.25) is 9.36 Å². The molecule has 2 aromatic heterocycles. The number of aryl methyl sites for hydroxylation is 2. The number of rotatable bonds is 8. The molecule has 154 valence electrons. The van der Waals surface area contributed by atoms with Crippen LogP contribution in [-0.4, -0.2) is 15.3 Å². The van der Waals surface area contributed by atoms with Crippen molar-refractivity contribution in [2.45, 2.75) is 76.4 Å². The lowest BCUT2D eigenvalue weighted by Crippen LogP contribution is -2.24. The van der Waals surface area contributed by atoms with Gasteiger partial charge in [0.15, 0.2) is 5.16 Å². The lowest BCUT2D eigenvalue weighted by Gasteiger charge is -2.13. The molecule has 0 unspecified atom stereocenters. The zero-order valence-electron chi connectivity index (χ0n) is 17.3. The molecule has 0 aliphatic heterocycles. The molecule has 2 heterocycles. The first-order chi connectivity index (χ1) is 14.3. The summed E-state index contributed by atoms with van der Waals surface area (Å²) in [5.41, 5.74) is 2.61. The van der Waals surface area contributed by atoms with Crippen LogP contribution in [0.25, 0.3) is 10.2 Å². The quantitative estimate of drug-likeness (QED) is 0.180. The minimum atomic E-state index is 0.161. The molecule has 3 aromatic rings. The monoisotopic (exact) mass is 426 g/mol. The van der Waals surface area contributed by atoms with E-state index in [1.54, 1.807) is 23.1 Å². The van der Waals surface area contributed by atoms with E-state index in [1.165, 1.54) is 55.4 Å². The van der Waals surface area contributed by atoms with Gasteiger partial charge in [-0.15, -0.1) is 11.3 Å². The molecule has 0 fully saturated rings. The molecule has 0 spiro atoms. The van der Waals surface area contributed by atoms with Gasteiger partial charge in [-0.1, -0.05) is 74.7 Å². The SMILES string of the molecule is CCCCCCSc1nc2sc3c(c2c(=O)n1Cc1ccccc1)CCCCC3. The number of thioether (sulfide) groups is 1. The molecule has 0 bridgehead atoms. The van der Waals surface area contributed by atoms with Gasteiger partial charge in [-0.25, -0.2) is 4.98 Å². The highest BCUT2D eigenvalue weighted by Gasteiger charge is 2.21. The zero-order valence-corrected chi connectivity index (χ0v) is 18.9. The van der Waals surface area contributed by atoms with Crippen LogP contribution in [0.1, 0.15) is 67.9 Å². The van der Waals surface area contributed by atoms with Crippen molar-refractivity contribution in [3.63, 3.8) is 0 Å². The summed E-state index contributed by atoms with van der Waals surface area (Å²) in [6.45, 7) is 2.84. The third-order valence-corrected chi connectivity index (χ3v) is 7.95. The number of fused-ring (bicyclic) bond motifs is 3. The minimum absolute atomic E-state index is 0.161. The van der Waals surface area contributed by atoms with Gasteiger partial charge in [0.25, 0.3) is 5.56 Å². The molecule has 0 radical (unpaired) electrons. The molecule has 0 saturated heterocycles. The molecule has 0 saturated carbocycles. The van der Waals surface area contributed by atoms with Gasteiger partial charge in [0.1, 0.15) is 4.83 Å². The topological polar surface area (TPSA) is 34.9 Å². The summed E-state index contributed by atoms with van der Waals surface area (Å²) in [5, 5.41) is 1.79. The second kappa shape index (κ2) is 9.94. The van der Waals surface area contributed by atoms with Gasteiger partial charge in [0.2, 0.25) is 0 Å². The number of hydrogen-bond donors (Lipinski definition) is 0. The molecular weight excluding hydrogens is 396 g/mol. The van der Waals surface area contributed by atoms with Crippen molar-refractivity contribution in [1.82, 2.24) is 9.55 Å². The molecule has 0 atom stereocenters. The number of unbranched alkanes of at least 4 members (excludes halogenated alkanes) is 3. The van der Waals surface area contributed by atoms with Gasteiger partial charge >= 0.3 is 0 Å². The Labute approximate surface area is 181 Å². The highest BCUT2D eigenvalue weighted by atomic mass is 32.2. The number of hydrogen-bond acceptors (Lipinski definition) is 4. The molecular formula is C24H30N2OS2. The summed E-state index contributed by atoms with van der Waals surface area (Å²) >= 11 is 3.52. The maximum absolute atomic E-state index is 13.7. The maximum Gasteiger partial charge on any atom is 0.263 e. The summed E-state index contributed by atoms with van der Waals surface area (Å²) < 4.78 is 1.93. The average molecular weight is 427 g/mol. The van der Waals surface area contributed by atoms with Crippen LogP contribution >= 0.6 is 23.1 Å². The highest BCUT2D eigenvalue weighted by Crippen LogP contribution is 2.34. The molecule has 1 aliphatic carbocycles. The lowest BCUT2D eigenvalue weighted by atomic mass is 10.1. The smallest absolute Gasteiger partial charge is 0.263 e. The van der Waals surface area contributed by atoms with Crippen molar-refractivity contribution in [2.24, 2.45) is 0 Å². The number of nitrogens with zero attached hydrogens (tertiary/aromatic N) is 2. The second-order valence-corrected chi connectivity index (χ2v) is 10.1. The fourth-order valence-electron chi connectivity index (χ4n) is 4.10. The lowest BCUT2D eigenvalue weighted by molar-refractivity contribution is 0.655. The normalized spacial score (nSPS) is 14.1. The van der Waals surface area contributed by atoms with E-state index in [4.69, 9.17) is 4.98 Å². The van der Waals surface area contributed by atoms with Crippen LogP contribution in [0, 0.1) is 0 Å². The Kier molecular flexibility index (Phi) is 7.09. The Bertz CT molecular complexity index is 1010. The van der Waals surface area contributed by atoms with Gasteiger partial charge in [-0.05, 0) is 43.2 Å². The van der Waals surface area contributed by atoms with Crippen LogP contribution in [0.4, 0.5) is 0 Å². The van der Waals surface area contributed by atoms with Gasteiger partial charge in [0, 0.05) is 10.6 Å². The third kappa shape index (κ3) is 4.77. The highest BCUT2D eigenvalue weighted by molar-refractivity contribution is 7.99. The number of benzene rings is 1. The summed E-state index contributed by atoms with van der Waals surface area (Å²) in [6.07, 6.45) is 10.8. The third-order valence-electron chi connectivity index (χ3n) is 5.70. The van der Waals surface area contributed by atoms with E-state index >= 15 is 0 Å². The van der Waals surface area contributed by atoms with Gasteiger partial charge in [0.05, 0.1) is 11.9 Å². The number of thiophene rings is 1. The summed E-state index contributed by atoms with van der Waals surface area (Å²) in [6, 6.07) is 10.3. The standard InChI is InChI=1S/C24H30N2OS2/c1-2-3-4-11-16-28-24-25-22-21(19-14-9-6-10-15-20(19)29-22)23(27)26(24)17-18-12-7-5-8-13-18/h5,7-8,12-13H,2-4,6,9-11,14-17H2,1H3. The Hall–Kier alpha value is -1.59. The molecule has 5 heteroatoms. The predicted molar refractivity (Wildman–Crippen MR) is 126 cm³/mol. The van der Waals surface area contributed by atoms with Crippen LogP contribution in [0.15, 0.2) is 40.3 Å². The van der Waals surface area contributed by atoms with Crippen molar-refractivity contribution in [2.75, 3.05) is 5.75 Å². The van der Waals surface area contributed by atoms with Crippen LogP contribution in [0.5, 0.6) is 0 Å². The largest absolute Gasteiger partial charge is 0.283 e. The van der Waals surface area contributed by atoms with Crippen molar-refractivity contribution in [3.8, 4) is 0 Å². The molecule has 29 heavy (non-hydrogen) atoms. The Balaban J connectivity index is 1.72. The second-order valence-electron chi connectivity index (χ2n) is 7.93. The average Bonchev–Trinajstić information content (AvgIpc) is 2.92. The van der Waals surface area contributed by atoms with E-state index < -0.39 is 0 Å². The Morgan fingerprint density at radius 3 is 2.72 bits per heavy atom. The fourth-order valence-corrected chi connectivity index (χ4v) is 6.40. The van der Waals surface area contributed by atoms with Crippen molar-refractivity contribution >= 4 is 33.3 Å². The molecule has 3 nitrogen and oxygen atoms in total. The minimum Gasteiger partial charge on any atom is -0.283 e. The van der Waals surface area contributed by atoms with Crippen molar-refractivity contribution < 1.29 is 0 Å². The summed E-state index contributed by atoms with van der Waals surface area (Å²) in [7, 11) is 0. The van der Waals surface area contributed by atoms with E-state index in [0.717, 1.165) is 39.5 Å². The molecule has 1 aromatic carbocycles. The van der Waals surface area contributed by atoms with Crippen LogP contribution in [0.2, 0.25) is 0 Å². The molecule has 0 N–H and O–H groups in total. The Morgan fingerprint density at radius 1 is 1.07 bits per heavy atom. The van der Waals surface area contributed by atoms with E-state index in [1.807, 2.05) is 22.8 Å². The van der Waals surface area contributed by atoms with Crippen LogP contribution in [-0.2, 0) is 19.4 Å². The predicted octanol–water partition coefficient (Wildman–Crippen LogP) is 6.45. The first-order valence-electron chi connectivity index (χ1n) is 11.0. The van der Waals surface area contributed by atoms with E-state index in [0.29, 0.717) is 6.54 Å². The first kappa shape index (κ1) is 20.7. The fraction of sp³-hybridized carbons (Fsp3) is 0.500. The van der Waals surface area contributed by atoms with E-state index in [-0.39, 0.29) is 5.56 Å². The zero-order chi connectivity index (χ0) is 20.1. The van der Waals surface area contributed by atoms with Crippen molar-refractivity contribution in [1.29, 1.82) is 0 Å². The Morgan fingerprint density at radius 2 is 1.90 bits per heavy atom. The molecule has 4 rings (SSSR count).